The van der Waals surface area contributed by atoms with E-state index in [1.165, 1.54) is 0 Å². The van der Waals surface area contributed by atoms with E-state index in [4.69, 9.17) is 0 Å². The molecule has 0 rings (SSSR count). The Hall–Kier alpha value is 0.140. The van der Waals surface area contributed by atoms with Crippen molar-refractivity contribution in [1.82, 2.24) is 0 Å². The number of halogens is 8. The molecule has 0 aliphatic carbocycles. The molecule has 0 N–H and O–H groups in total. The molecule has 0 aliphatic heterocycles. The highest BCUT2D eigenvalue weighted by Crippen LogP contribution is 2.40. The van der Waals surface area contributed by atoms with Crippen molar-refractivity contribution < 1.29 is 35.1 Å². The minimum absolute atomic E-state index is 0.303. The van der Waals surface area contributed by atoms with E-state index in [2.05, 4.69) is 0 Å². The van der Waals surface area contributed by atoms with Crippen molar-refractivity contribution in [1.29, 1.82) is 0 Å². The quantitative estimate of drug-likeness (QED) is 0.480. The third kappa shape index (κ3) is 10.1. The van der Waals surface area contributed by atoms with Gasteiger partial charge in [-0.2, -0.15) is 26.3 Å². The molecular weight excluding hydrogens is 312 g/mol. The molecule has 0 aromatic rings. The zero-order chi connectivity index (χ0) is 14.4. The van der Waals surface area contributed by atoms with Crippen LogP contribution in [0.25, 0.3) is 0 Å². The van der Waals surface area contributed by atoms with E-state index in [0.29, 0.717) is 21.6 Å². The predicted octanol–water partition coefficient (Wildman–Crippen LogP) is 4.95. The maximum absolute atomic E-state index is 12.2. The molecular formula is C8H10F8S2. The molecule has 0 fully saturated rings. The Bertz CT molecular complexity index is 202. The van der Waals surface area contributed by atoms with E-state index in [-0.39, 0.29) is 0 Å². The summed E-state index contributed by atoms with van der Waals surface area (Å²) >= 11 is 0. The van der Waals surface area contributed by atoms with Crippen molar-refractivity contribution in [3.63, 3.8) is 0 Å². The highest BCUT2D eigenvalue weighted by Gasteiger charge is 2.35. The maximum atomic E-state index is 12.2. The van der Waals surface area contributed by atoms with Gasteiger partial charge in [0.2, 0.25) is 0 Å². The minimum atomic E-state index is -4.60. The molecule has 0 bridgehead atoms. The number of rotatable bonds is 7. The van der Waals surface area contributed by atoms with Gasteiger partial charge < -0.3 is 0 Å². The average molecular weight is 322 g/mol. The van der Waals surface area contributed by atoms with Crippen LogP contribution in [0, 0.1) is 0 Å². The predicted molar refractivity (Wildman–Crippen MR) is 56.1 cm³/mol. The fourth-order valence-corrected chi connectivity index (χ4v) is 3.49. The summed E-state index contributed by atoms with van der Waals surface area (Å²) in [6, 6.07) is 0. The van der Waals surface area contributed by atoms with Gasteiger partial charge in [-0.05, 0) is 0 Å². The smallest absolute Gasteiger partial charge is 0.250 e. The summed E-state index contributed by atoms with van der Waals surface area (Å²) in [6.07, 6.45) is -12.1. The Morgan fingerprint density at radius 1 is 0.667 bits per heavy atom. The summed E-state index contributed by atoms with van der Waals surface area (Å²) < 4.78 is 96.0. The molecule has 2 atom stereocenters. The van der Waals surface area contributed by atoms with Gasteiger partial charge in [-0.15, -0.1) is 0 Å². The molecule has 10 heteroatoms. The molecule has 0 aromatic carbocycles. The normalized spacial score (nSPS) is 16.7. The molecule has 0 amide bonds. The maximum Gasteiger partial charge on any atom is 0.390 e. The third-order valence-corrected chi connectivity index (χ3v) is 4.80. The van der Waals surface area contributed by atoms with Crippen LogP contribution in [0.1, 0.15) is 12.8 Å². The molecule has 0 aliphatic rings. The van der Waals surface area contributed by atoms with Crippen molar-refractivity contribution in [2.75, 3.05) is 13.3 Å². The monoisotopic (exact) mass is 322 g/mol. The van der Waals surface area contributed by atoms with Gasteiger partial charge in [0.25, 0.3) is 0 Å². The number of hydrogen-bond donors (Lipinski definition) is 0. The first-order valence-corrected chi connectivity index (χ1v) is 6.92. The molecule has 110 valence electrons. The van der Waals surface area contributed by atoms with Gasteiger partial charge in [0, 0.05) is 0 Å². The van der Waals surface area contributed by atoms with Crippen molar-refractivity contribution in [3.05, 3.63) is 0 Å². The SMILES string of the molecule is FCC(CC(F)(F)F)SSC(CF)CC(F)(F)F. The van der Waals surface area contributed by atoms with Gasteiger partial charge >= 0.3 is 12.4 Å². The van der Waals surface area contributed by atoms with Gasteiger partial charge in [0.1, 0.15) is 13.3 Å². The summed E-state index contributed by atoms with van der Waals surface area (Å²) in [5.74, 6) is 0. The van der Waals surface area contributed by atoms with Crippen LogP contribution in [-0.2, 0) is 0 Å². The second-order valence-electron chi connectivity index (χ2n) is 3.38. The van der Waals surface area contributed by atoms with Crippen LogP contribution in [0.4, 0.5) is 35.1 Å². The molecule has 18 heavy (non-hydrogen) atoms. The summed E-state index contributed by atoms with van der Waals surface area (Å²) in [7, 11) is 0.607. The lowest BCUT2D eigenvalue weighted by Crippen LogP contribution is -2.20. The molecule has 0 saturated carbocycles. The Labute approximate surface area is 106 Å². The van der Waals surface area contributed by atoms with Crippen LogP contribution in [0.2, 0.25) is 0 Å². The fourth-order valence-electron chi connectivity index (χ4n) is 0.902. The molecule has 0 heterocycles. The molecule has 0 nitrogen and oxygen atoms in total. The number of hydrogen-bond acceptors (Lipinski definition) is 2. The summed E-state index contributed by atoms with van der Waals surface area (Å²) in [5, 5.41) is -3.03. The highest BCUT2D eigenvalue weighted by molar-refractivity contribution is 8.77. The van der Waals surface area contributed by atoms with E-state index in [1.807, 2.05) is 0 Å². The van der Waals surface area contributed by atoms with Gasteiger partial charge in [0.05, 0.1) is 23.3 Å². The lowest BCUT2D eigenvalue weighted by Gasteiger charge is -2.18. The van der Waals surface area contributed by atoms with Crippen molar-refractivity contribution in [3.8, 4) is 0 Å². The summed E-state index contributed by atoms with van der Waals surface area (Å²) in [5.41, 5.74) is 0. The van der Waals surface area contributed by atoms with E-state index in [9.17, 15) is 35.1 Å². The topological polar surface area (TPSA) is 0 Å². The summed E-state index contributed by atoms with van der Waals surface area (Å²) in [4.78, 5) is 0. The second kappa shape index (κ2) is 7.66. The molecule has 0 aromatic heterocycles. The van der Waals surface area contributed by atoms with Gasteiger partial charge in [-0.3, -0.25) is 0 Å². The van der Waals surface area contributed by atoms with Crippen molar-refractivity contribution in [2.45, 2.75) is 35.7 Å². The fraction of sp³-hybridized carbons (Fsp3) is 1.00. The van der Waals surface area contributed by atoms with Gasteiger partial charge in [-0.25, -0.2) is 8.78 Å². The first kappa shape index (κ1) is 18.1. The lowest BCUT2D eigenvalue weighted by molar-refractivity contribution is -0.135. The van der Waals surface area contributed by atoms with Crippen molar-refractivity contribution >= 4 is 21.6 Å². The van der Waals surface area contributed by atoms with E-state index < -0.39 is 49.0 Å². The number of alkyl halides is 8. The molecule has 0 saturated heterocycles. The van der Waals surface area contributed by atoms with E-state index >= 15 is 0 Å². The average Bonchev–Trinajstić information content (AvgIpc) is 2.18. The molecule has 0 spiro atoms. The Morgan fingerprint density at radius 3 is 1.11 bits per heavy atom. The van der Waals surface area contributed by atoms with Gasteiger partial charge in [-0.1, -0.05) is 21.6 Å². The second-order valence-corrected chi connectivity index (χ2v) is 6.26. The van der Waals surface area contributed by atoms with Crippen LogP contribution in [0.5, 0.6) is 0 Å². The first-order chi connectivity index (χ1) is 8.07. The van der Waals surface area contributed by atoms with Gasteiger partial charge in [0.15, 0.2) is 0 Å². The first-order valence-electron chi connectivity index (χ1n) is 4.65. The lowest BCUT2D eigenvalue weighted by atomic mass is 10.3. The summed E-state index contributed by atoms with van der Waals surface area (Å²) in [6.45, 7) is -2.66. The van der Waals surface area contributed by atoms with E-state index in [0.717, 1.165) is 0 Å². The highest BCUT2D eigenvalue weighted by atomic mass is 33.1. The zero-order valence-electron chi connectivity index (χ0n) is 8.82. The molecule has 2 unspecified atom stereocenters. The van der Waals surface area contributed by atoms with Crippen LogP contribution < -0.4 is 0 Å². The Morgan fingerprint density at radius 2 is 0.944 bits per heavy atom. The molecule has 0 radical (unpaired) electrons. The Balaban J connectivity index is 4.16. The van der Waals surface area contributed by atoms with Crippen molar-refractivity contribution in [2.24, 2.45) is 0 Å². The van der Waals surface area contributed by atoms with Crippen LogP contribution >= 0.6 is 21.6 Å². The largest absolute Gasteiger partial charge is 0.390 e. The van der Waals surface area contributed by atoms with Crippen LogP contribution in [0.3, 0.4) is 0 Å². The van der Waals surface area contributed by atoms with Crippen LogP contribution in [0.15, 0.2) is 0 Å². The standard InChI is InChI=1S/C8H10F8S2/c9-3-5(1-7(11,12)13)17-18-6(4-10)2-8(14,15)16/h5-6H,1-4H2. The Kier molecular flexibility index (Phi) is 7.72. The zero-order valence-corrected chi connectivity index (χ0v) is 10.5. The third-order valence-electron chi connectivity index (χ3n) is 1.59. The minimum Gasteiger partial charge on any atom is -0.250 e. The van der Waals surface area contributed by atoms with E-state index in [1.54, 1.807) is 0 Å². The van der Waals surface area contributed by atoms with Crippen LogP contribution in [-0.4, -0.2) is 36.2 Å².